The average molecular weight is 1080 g/mol. The summed E-state index contributed by atoms with van der Waals surface area (Å²) in [4.78, 5) is 51.2. The van der Waals surface area contributed by atoms with Gasteiger partial charge in [0.05, 0.1) is 60.7 Å². The van der Waals surface area contributed by atoms with Crippen LogP contribution < -0.4 is 25.8 Å². The van der Waals surface area contributed by atoms with Gasteiger partial charge in [0, 0.05) is 41.6 Å². The molecule has 2 aromatic heterocycles. The van der Waals surface area contributed by atoms with Gasteiger partial charge >= 0.3 is 0 Å². The van der Waals surface area contributed by atoms with Crippen molar-refractivity contribution in [2.75, 3.05) is 13.2 Å². The van der Waals surface area contributed by atoms with Crippen LogP contribution in [0.4, 0.5) is 0 Å². The fourth-order valence-electron chi connectivity index (χ4n) is 6.81. The number of hydrogen-bond acceptors (Lipinski definition) is 10. The van der Waals surface area contributed by atoms with Crippen LogP contribution in [-0.2, 0) is 28.7 Å². The molecule has 0 spiro atoms. The SMILES string of the molecule is CC(C)(C)[Si](C)(C)CC=O.CC(C)Oc1ccc(C(=O)NN(CCO)Cc2ccc(-c3cnc(C(C)(C)C)[nH]3)cc2)cc1Cl.CC(C)Oc1ccc(C(=O)NNCc2ccc(-c3cnc(C(C)(C)C)[nH]3)cc2)cc1Cl. The number of nitrogens with zero attached hydrogens (tertiary/aromatic N) is 3. The van der Waals surface area contributed by atoms with E-state index >= 15 is 0 Å². The number of aromatic nitrogens is 4. The van der Waals surface area contributed by atoms with Crippen molar-refractivity contribution >= 4 is 49.4 Å². The first kappa shape index (κ1) is 61.7. The standard InChI is InChI=1S/C26H33ClN4O3.C24H29ClN4O2.C8H18OSi/c1-17(2)34-23-11-10-20(14-21(23)27)24(33)30-31(12-13-32)16-18-6-8-19(9-7-18)22-15-28-25(29-22)26(3,4)5;1-15(2)31-21-11-10-18(12-19(21)25)22(30)29-27-13-16-6-8-17(9-7-16)20-14-26-23(28-20)24(3,4)5;1-8(2,3)10(4,5)7-6-9/h6-11,14-15,17,32H,12-13,16H2,1-5H3,(H,28,29)(H,30,33);6-12,14-15,27H,13H2,1-5H3,(H,26,28)(H,29,30);6H,7H2,1-5H3. The molecule has 2 amide bonds. The maximum atomic E-state index is 12.8. The first-order valence-corrected chi connectivity index (χ1v) is 29.3. The fraction of sp³-hybridized carbons (Fsp3) is 0.431. The molecule has 2 heterocycles. The highest BCUT2D eigenvalue weighted by atomic mass is 35.5. The normalized spacial score (nSPS) is 11.9. The second kappa shape index (κ2) is 27.3. The highest BCUT2D eigenvalue weighted by Gasteiger charge is 2.34. The van der Waals surface area contributed by atoms with Crippen LogP contribution in [0.5, 0.6) is 11.5 Å². The summed E-state index contributed by atoms with van der Waals surface area (Å²) in [5, 5.41) is 12.3. The number of aldehydes is 1. The number of halogens is 2. The van der Waals surface area contributed by atoms with E-state index in [1.807, 2.05) is 88.6 Å². The number of ether oxygens (including phenoxy) is 2. The highest BCUT2D eigenvalue weighted by Crippen LogP contribution is 2.38. The number of aromatic amines is 2. The molecule has 6 aromatic rings. The van der Waals surface area contributed by atoms with Crippen molar-refractivity contribution in [1.29, 1.82) is 0 Å². The third kappa shape index (κ3) is 19.4. The number of carbonyl (C=O) groups excluding carboxylic acids is 3. The van der Waals surface area contributed by atoms with Gasteiger partial charge in [0.1, 0.15) is 29.4 Å². The van der Waals surface area contributed by atoms with Gasteiger partial charge in [0.15, 0.2) is 0 Å². The van der Waals surface area contributed by atoms with Crippen LogP contribution in [0.15, 0.2) is 97.3 Å². The number of imidazole rings is 2. The summed E-state index contributed by atoms with van der Waals surface area (Å²) in [6.45, 7) is 32.7. The van der Waals surface area contributed by atoms with Gasteiger partial charge < -0.3 is 29.3 Å². The van der Waals surface area contributed by atoms with Crippen LogP contribution in [0.2, 0.25) is 34.2 Å². The van der Waals surface area contributed by atoms with Crippen molar-refractivity contribution in [1.82, 2.24) is 41.2 Å². The lowest BCUT2D eigenvalue weighted by Gasteiger charge is -2.35. The zero-order chi connectivity index (χ0) is 55.9. The second-order valence-corrected chi connectivity index (χ2v) is 29.2. The first-order valence-electron chi connectivity index (χ1n) is 25.4. The van der Waals surface area contributed by atoms with Crippen molar-refractivity contribution in [3.63, 3.8) is 0 Å². The Morgan fingerprint density at radius 3 is 1.49 bits per heavy atom. The molecule has 0 atom stereocenters. The molecule has 17 heteroatoms. The molecule has 0 saturated carbocycles. The highest BCUT2D eigenvalue weighted by molar-refractivity contribution is 6.82. The second-order valence-electron chi connectivity index (χ2n) is 22.7. The minimum Gasteiger partial charge on any atom is -0.489 e. The minimum atomic E-state index is -1.27. The van der Waals surface area contributed by atoms with E-state index in [1.165, 1.54) is 0 Å². The van der Waals surface area contributed by atoms with E-state index in [4.69, 9.17) is 32.7 Å². The molecule has 75 heavy (non-hydrogen) atoms. The van der Waals surface area contributed by atoms with Gasteiger partial charge in [-0.25, -0.2) is 20.4 Å². The number of amides is 2. The number of rotatable bonds is 18. The molecule has 0 radical (unpaired) electrons. The Labute approximate surface area is 456 Å². The predicted octanol–water partition coefficient (Wildman–Crippen LogP) is 12.9. The Hall–Kier alpha value is -5.81. The Morgan fingerprint density at radius 2 is 1.13 bits per heavy atom. The van der Waals surface area contributed by atoms with Crippen LogP contribution in [0, 0.1) is 0 Å². The monoisotopic (exact) mass is 1080 g/mol. The zero-order valence-corrected chi connectivity index (χ0v) is 49.1. The Bertz CT molecular complexity index is 2770. The van der Waals surface area contributed by atoms with Gasteiger partial charge in [-0.15, -0.1) is 0 Å². The van der Waals surface area contributed by atoms with Crippen LogP contribution in [0.25, 0.3) is 22.5 Å². The minimum absolute atomic E-state index is 0.0130. The molecular formula is C58H80Cl2N8O6Si. The summed E-state index contributed by atoms with van der Waals surface area (Å²) in [6.07, 6.45) is 4.77. The quantitative estimate of drug-likeness (QED) is 0.0275. The summed E-state index contributed by atoms with van der Waals surface area (Å²) in [7, 11) is -1.27. The molecule has 0 bridgehead atoms. The Kier molecular flexibility index (Phi) is 22.5. The third-order valence-corrected chi connectivity index (χ3v) is 18.2. The maximum Gasteiger partial charge on any atom is 0.265 e. The lowest BCUT2D eigenvalue weighted by atomic mass is 9.96. The molecule has 4 aromatic carbocycles. The number of aliphatic hydroxyl groups excluding tert-OH is 1. The number of carbonyl (C=O) groups is 3. The van der Waals surface area contributed by atoms with Crippen LogP contribution in [0.1, 0.15) is 134 Å². The largest absolute Gasteiger partial charge is 0.489 e. The van der Waals surface area contributed by atoms with E-state index in [9.17, 15) is 19.5 Å². The lowest BCUT2D eigenvalue weighted by molar-refractivity contribution is -0.106. The van der Waals surface area contributed by atoms with Crippen molar-refractivity contribution in [3.8, 4) is 34.0 Å². The number of hydrogen-bond donors (Lipinski definition) is 6. The summed E-state index contributed by atoms with van der Waals surface area (Å²) in [5.74, 6) is 2.42. The van der Waals surface area contributed by atoms with Crippen LogP contribution in [0.3, 0.4) is 0 Å². The third-order valence-electron chi connectivity index (χ3n) is 12.3. The lowest BCUT2D eigenvalue weighted by Crippen LogP contribution is -2.43. The molecule has 0 saturated heterocycles. The van der Waals surface area contributed by atoms with E-state index in [0.717, 1.165) is 57.6 Å². The number of H-pyrrole nitrogens is 2. The molecule has 406 valence electrons. The van der Waals surface area contributed by atoms with Gasteiger partial charge in [-0.3, -0.25) is 20.4 Å². The van der Waals surface area contributed by atoms with Crippen molar-refractivity contribution in [2.24, 2.45) is 0 Å². The van der Waals surface area contributed by atoms with Crippen molar-refractivity contribution in [3.05, 3.63) is 141 Å². The first-order chi connectivity index (χ1) is 35.0. The maximum absolute atomic E-state index is 12.8. The molecule has 0 unspecified atom stereocenters. The van der Waals surface area contributed by atoms with E-state index in [2.05, 4.69) is 112 Å². The van der Waals surface area contributed by atoms with E-state index < -0.39 is 8.07 Å². The summed E-state index contributed by atoms with van der Waals surface area (Å²) in [6, 6.07) is 26.8. The van der Waals surface area contributed by atoms with Gasteiger partial charge in [-0.2, -0.15) is 0 Å². The topological polar surface area (TPSA) is 187 Å². The molecule has 14 nitrogen and oxygen atoms in total. The van der Waals surface area contributed by atoms with Crippen LogP contribution >= 0.6 is 23.2 Å². The number of hydrazine groups is 2. The fourth-order valence-corrected chi connectivity index (χ4v) is 8.29. The van der Waals surface area contributed by atoms with Crippen molar-refractivity contribution in [2.45, 2.75) is 150 Å². The van der Waals surface area contributed by atoms with E-state index in [0.29, 0.717) is 50.8 Å². The molecular weight excluding hydrogens is 1000 g/mol. The van der Waals surface area contributed by atoms with Gasteiger partial charge in [-0.1, -0.05) is 147 Å². The van der Waals surface area contributed by atoms with Crippen molar-refractivity contribution < 1.29 is 29.0 Å². The molecule has 6 rings (SSSR count). The zero-order valence-electron chi connectivity index (χ0n) is 46.6. The molecule has 6 N–H and O–H groups in total. The van der Waals surface area contributed by atoms with Gasteiger partial charge in [0.2, 0.25) is 0 Å². The number of nitrogens with one attached hydrogen (secondary N) is 5. The molecule has 0 fully saturated rings. The summed E-state index contributed by atoms with van der Waals surface area (Å²) in [5.41, 5.74) is 15.4. The summed E-state index contributed by atoms with van der Waals surface area (Å²) >= 11 is 12.5. The predicted molar refractivity (Wildman–Crippen MR) is 307 cm³/mol. The van der Waals surface area contributed by atoms with Gasteiger partial charge in [-0.05, 0) is 97.4 Å². The van der Waals surface area contributed by atoms with E-state index in [-0.39, 0.29) is 48.0 Å². The molecule has 0 aliphatic rings. The molecule has 0 aliphatic carbocycles. The van der Waals surface area contributed by atoms with Gasteiger partial charge in [0.25, 0.3) is 11.8 Å². The summed E-state index contributed by atoms with van der Waals surface area (Å²) < 4.78 is 11.2. The van der Waals surface area contributed by atoms with E-state index in [1.54, 1.807) is 41.4 Å². The Morgan fingerprint density at radius 1 is 0.693 bits per heavy atom. The average Bonchev–Trinajstić information content (AvgIpc) is 4.04. The smallest absolute Gasteiger partial charge is 0.265 e. The Balaban J connectivity index is 0.000000276. The number of benzene rings is 4. The molecule has 0 aliphatic heterocycles. The van der Waals surface area contributed by atoms with Crippen LogP contribution in [-0.4, -0.2) is 81.6 Å². The number of aliphatic hydroxyl groups is 1.